The van der Waals surface area contributed by atoms with Crippen molar-refractivity contribution in [2.45, 2.75) is 71.3 Å². The van der Waals surface area contributed by atoms with E-state index in [4.69, 9.17) is 0 Å². The maximum atomic E-state index is 12.6. The predicted octanol–water partition coefficient (Wildman–Crippen LogP) is 4.65. The minimum absolute atomic E-state index is 0.117. The summed E-state index contributed by atoms with van der Waals surface area (Å²) < 4.78 is 0. The lowest BCUT2D eigenvalue weighted by atomic mass is 9.61. The van der Waals surface area contributed by atoms with Crippen molar-refractivity contribution < 1.29 is 4.79 Å². The lowest BCUT2D eigenvalue weighted by Gasteiger charge is -2.43. The number of hydrogen-bond acceptors (Lipinski definition) is 2. The van der Waals surface area contributed by atoms with Gasteiger partial charge in [0.05, 0.1) is 0 Å². The largest absolute Gasteiger partial charge is 0.336 e. The van der Waals surface area contributed by atoms with E-state index in [0.29, 0.717) is 11.8 Å². The Labute approximate surface area is 177 Å². The molecule has 1 aromatic carbocycles. The summed E-state index contributed by atoms with van der Waals surface area (Å²) in [5.74, 6) is 1.18. The molecular formula is C25H39N3O. The third-order valence-corrected chi connectivity index (χ3v) is 7.74. The molecule has 3 fully saturated rings. The summed E-state index contributed by atoms with van der Waals surface area (Å²) in [6.07, 6.45) is 7.68. The smallest absolute Gasteiger partial charge is 0.317 e. The van der Waals surface area contributed by atoms with Gasteiger partial charge in [-0.3, -0.25) is 0 Å². The Kier molecular flexibility index (Phi) is 6.19. The van der Waals surface area contributed by atoms with Gasteiger partial charge in [0.15, 0.2) is 0 Å². The van der Waals surface area contributed by atoms with E-state index in [9.17, 15) is 4.79 Å². The Morgan fingerprint density at radius 3 is 2.55 bits per heavy atom. The summed E-state index contributed by atoms with van der Waals surface area (Å²) >= 11 is 0. The summed E-state index contributed by atoms with van der Waals surface area (Å²) in [7, 11) is 0. The molecule has 0 spiro atoms. The van der Waals surface area contributed by atoms with Crippen molar-refractivity contribution in [3.05, 3.63) is 35.4 Å². The fraction of sp³-hybridized carbons (Fsp3) is 0.720. The molecule has 160 valence electrons. The highest BCUT2D eigenvalue weighted by Crippen LogP contribution is 2.54. The number of amides is 2. The van der Waals surface area contributed by atoms with Gasteiger partial charge in [0, 0.05) is 25.7 Å². The summed E-state index contributed by atoms with van der Waals surface area (Å²) in [6.45, 7) is 12.1. The summed E-state index contributed by atoms with van der Waals surface area (Å²) in [5, 5.41) is 3.09. The second kappa shape index (κ2) is 8.67. The van der Waals surface area contributed by atoms with E-state index in [2.05, 4.69) is 46.3 Å². The standard InChI is InChI=1S/C25H39N3O/c1-19(2)26-24(29)28-17-22-7-6-8-23(25(22,3)18-28)21-11-9-20(10-12-21)13-16-27-14-4-5-15-27/h9-12,19,22-23H,4-8,13-18H2,1-3H3,(H,26,29)/t22?,23?,25-/m1/s1. The van der Waals surface area contributed by atoms with E-state index in [1.54, 1.807) is 0 Å². The van der Waals surface area contributed by atoms with Crippen LogP contribution in [0.2, 0.25) is 0 Å². The predicted molar refractivity (Wildman–Crippen MR) is 119 cm³/mol. The number of carbonyl (C=O) groups excluding carboxylic acids is 1. The first-order valence-electron chi connectivity index (χ1n) is 11.8. The van der Waals surface area contributed by atoms with Gasteiger partial charge in [0.1, 0.15) is 0 Å². The lowest BCUT2D eigenvalue weighted by Crippen LogP contribution is -2.43. The minimum atomic E-state index is 0.117. The fourth-order valence-corrected chi connectivity index (χ4v) is 6.04. The van der Waals surface area contributed by atoms with E-state index in [-0.39, 0.29) is 17.5 Å². The van der Waals surface area contributed by atoms with E-state index in [1.807, 2.05) is 13.8 Å². The van der Waals surface area contributed by atoms with Crippen LogP contribution in [0.5, 0.6) is 0 Å². The van der Waals surface area contributed by atoms with Crippen LogP contribution in [-0.4, -0.2) is 54.6 Å². The molecule has 4 rings (SSSR count). The van der Waals surface area contributed by atoms with Crippen LogP contribution in [0.3, 0.4) is 0 Å². The molecule has 2 amide bonds. The van der Waals surface area contributed by atoms with Crippen molar-refractivity contribution in [2.24, 2.45) is 11.3 Å². The Hall–Kier alpha value is -1.55. The Morgan fingerprint density at radius 2 is 1.86 bits per heavy atom. The molecule has 1 saturated carbocycles. The molecule has 2 unspecified atom stereocenters. The molecular weight excluding hydrogens is 358 g/mol. The van der Waals surface area contributed by atoms with Crippen LogP contribution in [0.4, 0.5) is 4.79 Å². The monoisotopic (exact) mass is 397 g/mol. The third-order valence-electron chi connectivity index (χ3n) is 7.74. The van der Waals surface area contributed by atoms with Crippen molar-refractivity contribution in [1.29, 1.82) is 0 Å². The highest BCUT2D eigenvalue weighted by atomic mass is 16.2. The SMILES string of the molecule is CC(C)NC(=O)N1CC2CCCC(c3ccc(CCN4CCCC4)cc3)[C@]2(C)C1. The van der Waals surface area contributed by atoms with Crippen molar-refractivity contribution >= 4 is 6.03 Å². The molecule has 1 N–H and O–H groups in total. The van der Waals surface area contributed by atoms with Crippen molar-refractivity contribution in [2.75, 3.05) is 32.7 Å². The van der Waals surface area contributed by atoms with Gasteiger partial charge in [0.2, 0.25) is 0 Å². The molecule has 0 aromatic heterocycles. The topological polar surface area (TPSA) is 35.6 Å². The molecule has 0 radical (unpaired) electrons. The molecule has 4 nitrogen and oxygen atoms in total. The maximum absolute atomic E-state index is 12.6. The molecule has 3 atom stereocenters. The second-order valence-electron chi connectivity index (χ2n) is 10.2. The maximum Gasteiger partial charge on any atom is 0.317 e. The quantitative estimate of drug-likeness (QED) is 0.785. The highest BCUT2D eigenvalue weighted by Gasteiger charge is 2.51. The first-order chi connectivity index (χ1) is 14.0. The van der Waals surface area contributed by atoms with Crippen LogP contribution >= 0.6 is 0 Å². The second-order valence-corrected chi connectivity index (χ2v) is 10.2. The lowest BCUT2D eigenvalue weighted by molar-refractivity contribution is 0.134. The van der Waals surface area contributed by atoms with E-state index in [1.165, 1.54) is 62.9 Å². The van der Waals surface area contributed by atoms with E-state index in [0.717, 1.165) is 19.5 Å². The third kappa shape index (κ3) is 4.47. The van der Waals surface area contributed by atoms with Crippen molar-refractivity contribution in [1.82, 2.24) is 15.1 Å². The average Bonchev–Trinajstić information content (AvgIpc) is 3.33. The van der Waals surface area contributed by atoms with Gasteiger partial charge >= 0.3 is 6.03 Å². The number of fused-ring (bicyclic) bond motifs is 1. The molecule has 1 aromatic rings. The van der Waals surface area contributed by atoms with Gasteiger partial charge < -0.3 is 15.1 Å². The molecule has 3 aliphatic rings. The van der Waals surface area contributed by atoms with Crippen LogP contribution in [-0.2, 0) is 6.42 Å². The van der Waals surface area contributed by atoms with Crippen molar-refractivity contribution in [3.8, 4) is 0 Å². The average molecular weight is 398 g/mol. The molecule has 2 aliphatic heterocycles. The minimum Gasteiger partial charge on any atom is -0.336 e. The number of hydrogen-bond donors (Lipinski definition) is 1. The van der Waals surface area contributed by atoms with Crippen LogP contribution in [0.1, 0.15) is 69.9 Å². The van der Waals surface area contributed by atoms with Crippen LogP contribution in [0.15, 0.2) is 24.3 Å². The molecule has 0 bridgehead atoms. The number of rotatable bonds is 5. The van der Waals surface area contributed by atoms with E-state index < -0.39 is 0 Å². The summed E-state index contributed by atoms with van der Waals surface area (Å²) in [4.78, 5) is 17.3. The highest BCUT2D eigenvalue weighted by molar-refractivity contribution is 5.75. The van der Waals surface area contributed by atoms with Crippen LogP contribution < -0.4 is 5.32 Å². The number of nitrogens with one attached hydrogen (secondary N) is 1. The normalized spacial score (nSPS) is 30.0. The Balaban J connectivity index is 1.42. The fourth-order valence-electron chi connectivity index (χ4n) is 6.04. The summed E-state index contributed by atoms with van der Waals surface area (Å²) in [6, 6.07) is 9.80. The summed E-state index contributed by atoms with van der Waals surface area (Å²) in [5.41, 5.74) is 3.14. The van der Waals surface area contributed by atoms with E-state index >= 15 is 0 Å². The number of nitrogens with zero attached hydrogens (tertiary/aromatic N) is 2. The number of carbonyl (C=O) groups is 1. The van der Waals surface area contributed by atoms with Crippen LogP contribution in [0.25, 0.3) is 0 Å². The molecule has 1 aliphatic carbocycles. The number of urea groups is 1. The zero-order valence-electron chi connectivity index (χ0n) is 18.6. The van der Waals surface area contributed by atoms with Gasteiger partial charge in [0.25, 0.3) is 0 Å². The first kappa shape index (κ1) is 20.7. The molecule has 29 heavy (non-hydrogen) atoms. The van der Waals surface area contributed by atoms with Gasteiger partial charge in [-0.05, 0) is 87.4 Å². The number of benzene rings is 1. The van der Waals surface area contributed by atoms with Crippen LogP contribution in [0, 0.1) is 11.3 Å². The van der Waals surface area contributed by atoms with Gasteiger partial charge in [-0.25, -0.2) is 4.79 Å². The zero-order valence-corrected chi connectivity index (χ0v) is 18.6. The van der Waals surface area contributed by atoms with Gasteiger partial charge in [-0.15, -0.1) is 0 Å². The Morgan fingerprint density at radius 1 is 1.14 bits per heavy atom. The zero-order chi connectivity index (χ0) is 20.4. The Bertz CT molecular complexity index is 695. The first-order valence-corrected chi connectivity index (χ1v) is 11.8. The molecule has 2 heterocycles. The van der Waals surface area contributed by atoms with Gasteiger partial charge in [-0.2, -0.15) is 0 Å². The molecule has 2 saturated heterocycles. The number of likely N-dealkylation sites (tertiary alicyclic amines) is 2. The van der Waals surface area contributed by atoms with Crippen molar-refractivity contribution in [3.63, 3.8) is 0 Å². The molecule has 4 heteroatoms. The van der Waals surface area contributed by atoms with Gasteiger partial charge in [-0.1, -0.05) is 37.6 Å².